The zero-order valence-corrected chi connectivity index (χ0v) is 9.33. The smallest absolute Gasteiger partial charge is 0.178 e. The van der Waals surface area contributed by atoms with E-state index in [2.05, 4.69) is 0 Å². The highest BCUT2D eigenvalue weighted by Crippen LogP contribution is 2.16. The molecular weight excluding hydrogens is 228 g/mol. The van der Waals surface area contributed by atoms with Crippen molar-refractivity contribution in [3.8, 4) is 23.6 Å². The van der Waals surface area contributed by atoms with Crippen LogP contribution in [0.1, 0.15) is 11.1 Å². The number of nitrogens with zero attached hydrogens (tertiary/aromatic N) is 2. The van der Waals surface area contributed by atoms with Crippen LogP contribution in [0.5, 0.6) is 11.5 Å². The molecule has 2 aromatic carbocycles. The molecule has 2 rings (SSSR count). The lowest BCUT2D eigenvalue weighted by Gasteiger charge is -2.05. The van der Waals surface area contributed by atoms with Crippen LogP contribution in [0.2, 0.25) is 0 Å². The molecule has 0 saturated heterocycles. The largest absolute Gasteiger partial charge is 0.290 e. The summed E-state index contributed by atoms with van der Waals surface area (Å²) in [5.41, 5.74) is 1.11. The van der Waals surface area contributed by atoms with E-state index in [1.165, 1.54) is 0 Å². The maximum Gasteiger partial charge on any atom is 0.178 e. The van der Waals surface area contributed by atoms with Crippen LogP contribution in [-0.2, 0) is 0 Å². The average molecular weight is 236 g/mol. The van der Waals surface area contributed by atoms with Gasteiger partial charge in [-0.3, -0.25) is 9.78 Å². The zero-order chi connectivity index (χ0) is 12.8. The summed E-state index contributed by atoms with van der Waals surface area (Å²) in [6, 6.07) is 17.1. The predicted octanol–water partition coefficient (Wildman–Crippen LogP) is 2.80. The van der Waals surface area contributed by atoms with Crippen molar-refractivity contribution in [2.24, 2.45) is 0 Å². The fourth-order valence-electron chi connectivity index (χ4n) is 1.27. The summed E-state index contributed by atoms with van der Waals surface area (Å²) in [6.45, 7) is 0. The van der Waals surface area contributed by atoms with E-state index in [1.54, 1.807) is 48.5 Å². The molecule has 0 aliphatic heterocycles. The van der Waals surface area contributed by atoms with E-state index in [9.17, 15) is 0 Å². The van der Waals surface area contributed by atoms with Gasteiger partial charge < -0.3 is 0 Å². The van der Waals surface area contributed by atoms with Crippen LogP contribution in [0.25, 0.3) is 0 Å². The third-order valence-corrected chi connectivity index (χ3v) is 2.20. The molecule has 0 aliphatic rings. The summed E-state index contributed by atoms with van der Waals surface area (Å²) in [7, 11) is 0. The standard InChI is InChI=1S/C14H8N2O2/c15-9-11-1-5-13(6-2-11)17-18-14-7-3-12(10-16)4-8-14/h1-8H. The molecule has 0 unspecified atom stereocenters. The molecule has 0 fully saturated rings. The van der Waals surface area contributed by atoms with Gasteiger partial charge in [-0.1, -0.05) is 0 Å². The minimum atomic E-state index is 0.498. The van der Waals surface area contributed by atoms with Gasteiger partial charge in [0.1, 0.15) is 0 Å². The molecule has 0 radical (unpaired) electrons. The molecule has 0 heterocycles. The highest BCUT2D eigenvalue weighted by atomic mass is 17.2. The number of rotatable bonds is 3. The van der Waals surface area contributed by atoms with Crippen LogP contribution < -0.4 is 9.78 Å². The molecule has 0 amide bonds. The third-order valence-electron chi connectivity index (χ3n) is 2.20. The Balaban J connectivity index is 1.98. The number of hydrogen-bond acceptors (Lipinski definition) is 4. The van der Waals surface area contributed by atoms with Gasteiger partial charge in [0, 0.05) is 0 Å². The molecular formula is C14H8N2O2. The van der Waals surface area contributed by atoms with Crippen molar-refractivity contribution in [3.63, 3.8) is 0 Å². The van der Waals surface area contributed by atoms with E-state index < -0.39 is 0 Å². The average Bonchev–Trinajstić information content (AvgIpc) is 2.46. The maximum atomic E-state index is 8.64. The predicted molar refractivity (Wildman–Crippen MR) is 63.6 cm³/mol. The summed E-state index contributed by atoms with van der Waals surface area (Å²) in [4.78, 5) is 10.1. The van der Waals surface area contributed by atoms with Crippen molar-refractivity contribution in [2.75, 3.05) is 0 Å². The van der Waals surface area contributed by atoms with Crippen molar-refractivity contribution >= 4 is 0 Å². The van der Waals surface area contributed by atoms with Crippen LogP contribution >= 0.6 is 0 Å². The highest BCUT2D eigenvalue weighted by molar-refractivity contribution is 5.35. The van der Waals surface area contributed by atoms with Gasteiger partial charge in [-0.15, -0.1) is 0 Å². The van der Waals surface area contributed by atoms with Gasteiger partial charge in [0.2, 0.25) is 0 Å². The molecule has 0 saturated carbocycles. The fourth-order valence-corrected chi connectivity index (χ4v) is 1.27. The van der Waals surface area contributed by atoms with Gasteiger partial charge in [-0.2, -0.15) is 10.5 Å². The lowest BCUT2D eigenvalue weighted by Crippen LogP contribution is -2.00. The van der Waals surface area contributed by atoms with Crippen molar-refractivity contribution in [1.82, 2.24) is 0 Å². The molecule has 2 aromatic rings. The molecule has 18 heavy (non-hydrogen) atoms. The highest BCUT2D eigenvalue weighted by Gasteiger charge is 1.98. The van der Waals surface area contributed by atoms with Crippen LogP contribution in [0.3, 0.4) is 0 Å². The molecule has 4 heteroatoms. The van der Waals surface area contributed by atoms with Gasteiger partial charge >= 0.3 is 0 Å². The molecule has 0 N–H and O–H groups in total. The van der Waals surface area contributed by atoms with Crippen LogP contribution in [0.4, 0.5) is 0 Å². The Morgan fingerprint density at radius 1 is 0.611 bits per heavy atom. The first-order valence-electron chi connectivity index (χ1n) is 5.16. The number of benzene rings is 2. The molecule has 0 atom stereocenters. The second kappa shape index (κ2) is 5.38. The summed E-state index contributed by atoms with van der Waals surface area (Å²) >= 11 is 0. The Morgan fingerprint density at radius 3 is 1.22 bits per heavy atom. The van der Waals surface area contributed by atoms with E-state index in [1.807, 2.05) is 12.1 Å². The van der Waals surface area contributed by atoms with Gasteiger partial charge in [-0.05, 0) is 48.5 Å². The fraction of sp³-hybridized carbons (Fsp3) is 0. The van der Waals surface area contributed by atoms with Crippen LogP contribution in [0, 0.1) is 22.7 Å². The Kier molecular flexibility index (Phi) is 3.44. The van der Waals surface area contributed by atoms with E-state index in [0.29, 0.717) is 22.6 Å². The van der Waals surface area contributed by atoms with Gasteiger partial charge in [0.15, 0.2) is 11.5 Å². The van der Waals surface area contributed by atoms with Crippen molar-refractivity contribution in [1.29, 1.82) is 10.5 Å². The maximum absolute atomic E-state index is 8.64. The zero-order valence-electron chi connectivity index (χ0n) is 9.33. The minimum Gasteiger partial charge on any atom is -0.290 e. The summed E-state index contributed by atoms with van der Waals surface area (Å²) in [5, 5.41) is 17.3. The first kappa shape index (κ1) is 11.5. The normalized spacial score (nSPS) is 9.00. The topological polar surface area (TPSA) is 66.0 Å². The van der Waals surface area contributed by atoms with Gasteiger partial charge in [-0.25, -0.2) is 0 Å². The SMILES string of the molecule is N#Cc1ccc(OOc2ccc(C#N)cc2)cc1. The number of hydrogen-bond donors (Lipinski definition) is 0. The first-order valence-corrected chi connectivity index (χ1v) is 5.16. The second-order valence-electron chi connectivity index (χ2n) is 3.44. The Labute approximate surface area is 104 Å². The molecule has 0 bridgehead atoms. The van der Waals surface area contributed by atoms with Crippen molar-refractivity contribution in [2.45, 2.75) is 0 Å². The van der Waals surface area contributed by atoms with E-state index in [-0.39, 0.29) is 0 Å². The van der Waals surface area contributed by atoms with E-state index in [0.717, 1.165) is 0 Å². The summed E-state index contributed by atoms with van der Waals surface area (Å²) in [5.74, 6) is 0.997. The number of nitriles is 2. The Hall–Kier alpha value is -2.98. The van der Waals surface area contributed by atoms with Crippen molar-refractivity contribution in [3.05, 3.63) is 59.7 Å². The Bertz CT molecular complexity index is 547. The summed E-state index contributed by atoms with van der Waals surface area (Å²) < 4.78 is 0. The molecule has 4 nitrogen and oxygen atoms in total. The molecule has 86 valence electrons. The summed E-state index contributed by atoms with van der Waals surface area (Å²) in [6.07, 6.45) is 0. The second-order valence-corrected chi connectivity index (χ2v) is 3.44. The lowest BCUT2D eigenvalue weighted by molar-refractivity contribution is -0.0999. The molecule has 0 spiro atoms. The van der Waals surface area contributed by atoms with E-state index in [4.69, 9.17) is 20.3 Å². The lowest BCUT2D eigenvalue weighted by atomic mass is 10.2. The third kappa shape index (κ3) is 2.78. The molecule has 0 aromatic heterocycles. The van der Waals surface area contributed by atoms with Crippen LogP contribution in [-0.4, -0.2) is 0 Å². The van der Waals surface area contributed by atoms with Crippen molar-refractivity contribution < 1.29 is 9.78 Å². The monoisotopic (exact) mass is 236 g/mol. The van der Waals surface area contributed by atoms with E-state index >= 15 is 0 Å². The minimum absolute atomic E-state index is 0.498. The van der Waals surface area contributed by atoms with Gasteiger partial charge in [0.25, 0.3) is 0 Å². The first-order chi connectivity index (χ1) is 8.81. The Morgan fingerprint density at radius 2 is 0.944 bits per heavy atom. The molecule has 0 aliphatic carbocycles. The van der Waals surface area contributed by atoms with Gasteiger partial charge in [0.05, 0.1) is 23.3 Å². The van der Waals surface area contributed by atoms with Crippen LogP contribution in [0.15, 0.2) is 48.5 Å². The quantitative estimate of drug-likeness (QED) is 0.607.